The van der Waals surface area contributed by atoms with Gasteiger partial charge in [0, 0.05) is 89.2 Å². The summed E-state index contributed by atoms with van der Waals surface area (Å²) in [6.07, 6.45) is 7.46. The SMILES string of the molecule is Cn1c(=O)n(C2CCC(=O)NC2=O)c2cccc(N3CCC(CN4CCN(c5ccc(Nc6ncc7c(=O)n(-c8c(Cl)cccc8Cl)c8nccn8c7n6)cc5)CC4)CC3)c21. The summed E-state index contributed by atoms with van der Waals surface area (Å²) in [6, 6.07) is 18.5. The number of benzene rings is 3. The molecule has 10 rings (SSSR count). The smallest absolute Gasteiger partial charge is 0.329 e. The van der Waals surface area contributed by atoms with Crippen LogP contribution in [-0.2, 0) is 16.6 Å². The Labute approximate surface area is 358 Å². The maximum Gasteiger partial charge on any atom is 0.329 e. The fourth-order valence-electron chi connectivity index (χ4n) is 9.21. The average Bonchev–Trinajstić information content (AvgIpc) is 3.85. The monoisotopic (exact) mass is 860 g/mol. The summed E-state index contributed by atoms with van der Waals surface area (Å²) in [5, 5.41) is 6.61. The molecule has 1 atom stereocenters. The molecule has 0 spiro atoms. The number of carbonyl (C=O) groups is 2. The Kier molecular flexibility index (Phi) is 10.00. The maximum absolute atomic E-state index is 13.7. The molecule has 61 heavy (non-hydrogen) atoms. The van der Waals surface area contributed by atoms with E-state index in [1.165, 1.54) is 10.8 Å². The number of rotatable bonds is 8. The number of hydrogen-bond donors (Lipinski definition) is 2. The molecule has 3 saturated heterocycles. The van der Waals surface area contributed by atoms with Crippen LogP contribution in [-0.4, -0.2) is 95.6 Å². The second kappa shape index (κ2) is 15.7. The van der Waals surface area contributed by atoms with E-state index in [4.69, 9.17) is 28.2 Å². The van der Waals surface area contributed by atoms with E-state index in [-0.39, 0.29) is 29.0 Å². The van der Waals surface area contributed by atoms with Crippen LogP contribution in [0.1, 0.15) is 31.7 Å². The summed E-state index contributed by atoms with van der Waals surface area (Å²) in [5.74, 6) is 0.524. The molecule has 3 aliphatic heterocycles. The first-order chi connectivity index (χ1) is 29.6. The van der Waals surface area contributed by atoms with Crippen molar-refractivity contribution in [3.05, 3.63) is 110 Å². The lowest BCUT2D eigenvalue weighted by Gasteiger charge is -2.40. The van der Waals surface area contributed by atoms with Crippen molar-refractivity contribution in [2.24, 2.45) is 13.0 Å². The van der Waals surface area contributed by atoms with E-state index >= 15 is 0 Å². The van der Waals surface area contributed by atoms with Crippen molar-refractivity contribution in [3.8, 4) is 5.69 Å². The summed E-state index contributed by atoms with van der Waals surface area (Å²) in [4.78, 5) is 72.7. The molecule has 1 unspecified atom stereocenters. The number of fused-ring (bicyclic) bond motifs is 4. The molecule has 4 aromatic heterocycles. The highest BCUT2D eigenvalue weighted by Gasteiger charge is 2.33. The zero-order valence-corrected chi connectivity index (χ0v) is 34.8. The van der Waals surface area contributed by atoms with Gasteiger partial charge in [-0.2, -0.15) is 4.98 Å². The maximum atomic E-state index is 13.7. The lowest BCUT2D eigenvalue weighted by atomic mass is 9.95. The van der Waals surface area contributed by atoms with Gasteiger partial charge in [0.05, 0.1) is 32.5 Å². The molecule has 2 N–H and O–H groups in total. The Hall–Kier alpha value is -6.23. The first kappa shape index (κ1) is 38.9. The Morgan fingerprint density at radius 1 is 0.836 bits per heavy atom. The van der Waals surface area contributed by atoms with Crippen molar-refractivity contribution in [2.75, 3.05) is 60.9 Å². The van der Waals surface area contributed by atoms with Gasteiger partial charge in [-0.05, 0) is 73.7 Å². The highest BCUT2D eigenvalue weighted by atomic mass is 35.5. The van der Waals surface area contributed by atoms with Crippen LogP contribution in [0.5, 0.6) is 0 Å². The summed E-state index contributed by atoms with van der Waals surface area (Å²) in [7, 11) is 1.76. The van der Waals surface area contributed by atoms with Gasteiger partial charge in [0.1, 0.15) is 11.4 Å². The molecule has 7 heterocycles. The fourth-order valence-corrected chi connectivity index (χ4v) is 9.77. The van der Waals surface area contributed by atoms with Gasteiger partial charge in [0.2, 0.25) is 23.5 Å². The third-order valence-corrected chi connectivity index (χ3v) is 13.0. The molecule has 2 amide bonds. The predicted molar refractivity (Wildman–Crippen MR) is 236 cm³/mol. The van der Waals surface area contributed by atoms with E-state index < -0.39 is 11.9 Å². The number of piperidine rings is 2. The summed E-state index contributed by atoms with van der Waals surface area (Å²) in [5.41, 5.74) is 4.63. The number of piperazine rings is 1. The second-order valence-electron chi connectivity index (χ2n) is 16.0. The normalized spacial score (nSPS) is 18.1. The Morgan fingerprint density at radius 3 is 2.31 bits per heavy atom. The summed E-state index contributed by atoms with van der Waals surface area (Å²) in [6.45, 7) is 6.64. The Balaban J connectivity index is 0.754. The zero-order chi connectivity index (χ0) is 41.9. The van der Waals surface area contributed by atoms with Crippen molar-refractivity contribution in [1.82, 2.24) is 43.3 Å². The summed E-state index contributed by atoms with van der Waals surface area (Å²) >= 11 is 13.0. The number of halogens is 2. The third-order valence-electron chi connectivity index (χ3n) is 12.3. The number of hydrogen-bond acceptors (Lipinski definition) is 11. The van der Waals surface area contributed by atoms with Gasteiger partial charge in [-0.1, -0.05) is 35.3 Å². The number of anilines is 4. The number of nitrogens with zero attached hydrogens (tertiary/aromatic N) is 10. The third kappa shape index (κ3) is 6.97. The molecule has 16 nitrogen and oxygen atoms in total. The highest BCUT2D eigenvalue weighted by molar-refractivity contribution is 6.37. The average molecular weight is 862 g/mol. The highest BCUT2D eigenvalue weighted by Crippen LogP contribution is 2.33. The predicted octanol–water partition coefficient (Wildman–Crippen LogP) is 5.15. The van der Waals surface area contributed by atoms with Gasteiger partial charge in [0.15, 0.2) is 5.65 Å². The van der Waals surface area contributed by atoms with Gasteiger partial charge in [-0.25, -0.2) is 19.3 Å². The van der Waals surface area contributed by atoms with Crippen molar-refractivity contribution < 1.29 is 9.59 Å². The van der Waals surface area contributed by atoms with Gasteiger partial charge < -0.3 is 15.1 Å². The van der Waals surface area contributed by atoms with Gasteiger partial charge in [0.25, 0.3) is 5.56 Å². The molecule has 312 valence electrons. The lowest BCUT2D eigenvalue weighted by Crippen LogP contribution is -2.49. The number of aromatic nitrogens is 7. The van der Waals surface area contributed by atoms with Gasteiger partial charge in [-0.15, -0.1) is 0 Å². The lowest BCUT2D eigenvalue weighted by molar-refractivity contribution is -0.135. The minimum atomic E-state index is -0.702. The van der Waals surface area contributed by atoms with E-state index in [0.29, 0.717) is 45.4 Å². The Morgan fingerprint density at radius 2 is 1.57 bits per heavy atom. The Bertz CT molecular complexity index is 2960. The van der Waals surface area contributed by atoms with E-state index in [9.17, 15) is 19.2 Å². The minimum absolute atomic E-state index is 0.214. The van der Waals surface area contributed by atoms with Gasteiger partial charge in [-0.3, -0.25) is 38.1 Å². The standard InChI is InChI=1S/C43H42Cl2N12O4/c1-51-37-32(6-3-7-33(37)56(43(51)61)34-12-13-35(58)49-39(34)59)54-17-14-26(15-18-54)25-52-20-22-53(23-21-52)28-10-8-27(9-11-28)48-41-47-24-29-38(50-41)55-19-16-46-42(55)57(40(29)60)36-30(44)4-2-5-31(36)45/h2-11,16,19,24,26,34H,12-15,17-18,20-23,25H2,1H3,(H,47,48,50)(H,49,58,59). The van der Waals surface area contributed by atoms with Crippen molar-refractivity contribution in [1.29, 1.82) is 0 Å². The first-order valence-electron chi connectivity index (χ1n) is 20.4. The minimum Gasteiger partial charge on any atom is -0.370 e. The van der Waals surface area contributed by atoms with Crippen LogP contribution in [0, 0.1) is 5.92 Å². The van der Waals surface area contributed by atoms with Crippen molar-refractivity contribution >= 4 is 85.9 Å². The fraction of sp³-hybridized carbons (Fsp3) is 0.326. The van der Waals surface area contributed by atoms with Crippen LogP contribution in [0.25, 0.3) is 33.5 Å². The van der Waals surface area contributed by atoms with Crippen LogP contribution >= 0.6 is 23.2 Å². The molecular formula is C43H42Cl2N12O4. The number of imide groups is 1. The van der Waals surface area contributed by atoms with Crippen LogP contribution in [0.3, 0.4) is 0 Å². The molecule has 7 aromatic rings. The van der Waals surface area contributed by atoms with E-state index in [2.05, 4.69) is 53.5 Å². The number of para-hydroxylation sites is 2. The second-order valence-corrected chi connectivity index (χ2v) is 16.8. The molecule has 0 bridgehead atoms. The molecule has 18 heteroatoms. The molecular weight excluding hydrogens is 819 g/mol. The quantitative estimate of drug-likeness (QED) is 0.195. The molecule has 0 aliphatic carbocycles. The zero-order valence-electron chi connectivity index (χ0n) is 33.3. The number of nitrogens with one attached hydrogen (secondary N) is 2. The first-order valence-corrected chi connectivity index (χ1v) is 21.2. The molecule has 3 aromatic carbocycles. The van der Waals surface area contributed by atoms with E-state index in [0.717, 1.165) is 86.8 Å². The summed E-state index contributed by atoms with van der Waals surface area (Å²) < 4.78 is 6.30. The molecule has 0 saturated carbocycles. The van der Waals surface area contributed by atoms with Crippen molar-refractivity contribution in [2.45, 2.75) is 31.7 Å². The molecule has 3 aliphatic rings. The largest absolute Gasteiger partial charge is 0.370 e. The van der Waals surface area contributed by atoms with Crippen LogP contribution in [0.4, 0.5) is 23.0 Å². The van der Waals surface area contributed by atoms with Gasteiger partial charge >= 0.3 is 5.69 Å². The van der Waals surface area contributed by atoms with E-state index in [1.54, 1.807) is 51.2 Å². The van der Waals surface area contributed by atoms with E-state index in [1.807, 2.05) is 24.3 Å². The number of aryl methyl sites for hydroxylation is 1. The number of carbonyl (C=O) groups excluding carboxylic acids is 2. The van der Waals surface area contributed by atoms with Crippen LogP contribution in [0.15, 0.2) is 88.8 Å². The number of imidazole rings is 2. The molecule has 3 fully saturated rings. The topological polar surface area (TPSA) is 160 Å². The van der Waals surface area contributed by atoms with Crippen LogP contribution < -0.4 is 31.7 Å². The van der Waals surface area contributed by atoms with Crippen molar-refractivity contribution in [3.63, 3.8) is 0 Å². The number of amides is 2. The van der Waals surface area contributed by atoms with Crippen LogP contribution in [0.2, 0.25) is 10.0 Å². The molecule has 0 radical (unpaired) electrons.